The van der Waals surface area contributed by atoms with Crippen LogP contribution >= 0.6 is 11.8 Å². The number of fused-ring (bicyclic) bond motifs is 1. The van der Waals surface area contributed by atoms with Gasteiger partial charge in [-0.25, -0.2) is 4.39 Å². The van der Waals surface area contributed by atoms with Gasteiger partial charge in [0.1, 0.15) is 5.82 Å². The number of halogens is 1. The van der Waals surface area contributed by atoms with E-state index >= 15 is 0 Å². The van der Waals surface area contributed by atoms with Gasteiger partial charge in [-0.15, -0.1) is 0 Å². The van der Waals surface area contributed by atoms with Crippen molar-refractivity contribution in [1.82, 2.24) is 4.90 Å². The number of nitrogens with zero attached hydrogens (tertiary/aromatic N) is 2. The number of rotatable bonds is 5. The number of hydrogen-bond acceptors (Lipinski definition) is 4. The Labute approximate surface area is 170 Å². The number of thioether (sulfide) groups is 1. The fourth-order valence-electron chi connectivity index (χ4n) is 3.95. The first kappa shape index (κ1) is 19.3. The Balaban J connectivity index is 1.37. The second-order valence-corrected chi connectivity index (χ2v) is 8.66. The zero-order valence-corrected chi connectivity index (χ0v) is 16.8. The molecule has 0 spiro atoms. The topological polar surface area (TPSA) is 35.6 Å². The summed E-state index contributed by atoms with van der Waals surface area (Å²) < 4.78 is 13.5. The number of aryl methyl sites for hydroxylation is 1. The first-order valence-electron chi connectivity index (χ1n) is 9.90. The lowest BCUT2D eigenvalue weighted by molar-refractivity contribution is -0.115. The molecule has 0 aliphatic carbocycles. The monoisotopic (exact) mass is 399 g/mol. The van der Waals surface area contributed by atoms with Crippen LogP contribution in [0.25, 0.3) is 0 Å². The Morgan fingerprint density at radius 3 is 2.82 bits per heavy atom. The molecule has 0 atom stereocenters. The summed E-state index contributed by atoms with van der Waals surface area (Å²) in [5.74, 6) is 2.13. The highest BCUT2D eigenvalue weighted by atomic mass is 32.2. The molecule has 4 rings (SSSR count). The molecule has 0 unspecified atom stereocenters. The van der Waals surface area contributed by atoms with Gasteiger partial charge in [0.25, 0.3) is 0 Å². The number of amides is 1. The molecule has 1 saturated heterocycles. The summed E-state index contributed by atoms with van der Waals surface area (Å²) >= 11 is 2.01. The molecule has 0 radical (unpaired) electrons. The zero-order chi connectivity index (χ0) is 19.3. The highest BCUT2D eigenvalue weighted by molar-refractivity contribution is 7.99. The molecule has 2 heterocycles. The van der Waals surface area contributed by atoms with Crippen LogP contribution in [0.5, 0.6) is 0 Å². The van der Waals surface area contributed by atoms with E-state index in [0.29, 0.717) is 0 Å². The minimum absolute atomic E-state index is 0.0382. The van der Waals surface area contributed by atoms with Crippen molar-refractivity contribution in [2.45, 2.75) is 19.4 Å². The number of carbonyl (C=O) groups excluding carboxylic acids is 1. The lowest BCUT2D eigenvalue weighted by atomic mass is 10.0. The standard InChI is InChI=1S/C22H26FN3OS/c23-19-6-7-21-18(14-19)4-2-8-26(21)16-22(27)24-20-5-1-3-17(13-20)15-25-9-11-28-12-10-25/h1,3,5-7,13-14H,2,4,8-12,15-16H2,(H,24,27). The van der Waals surface area contributed by atoms with Gasteiger partial charge in [0.2, 0.25) is 5.91 Å². The van der Waals surface area contributed by atoms with Crippen LogP contribution in [0.2, 0.25) is 0 Å². The zero-order valence-electron chi connectivity index (χ0n) is 16.0. The average molecular weight is 400 g/mol. The SMILES string of the molecule is O=C(CN1CCCc2cc(F)ccc21)Nc1cccc(CN2CCSCC2)c1. The summed E-state index contributed by atoms with van der Waals surface area (Å²) in [4.78, 5) is 17.1. The van der Waals surface area contributed by atoms with Crippen molar-refractivity contribution in [3.05, 3.63) is 59.4 Å². The predicted octanol–water partition coefficient (Wildman–Crippen LogP) is 3.77. The van der Waals surface area contributed by atoms with Crippen LogP contribution in [-0.2, 0) is 17.8 Å². The van der Waals surface area contributed by atoms with Crippen LogP contribution in [0, 0.1) is 5.82 Å². The Hall–Kier alpha value is -2.05. The maximum Gasteiger partial charge on any atom is 0.243 e. The molecule has 4 nitrogen and oxygen atoms in total. The van der Waals surface area contributed by atoms with Gasteiger partial charge in [0, 0.05) is 49.1 Å². The second kappa shape index (κ2) is 8.97. The first-order valence-corrected chi connectivity index (χ1v) is 11.0. The summed E-state index contributed by atoms with van der Waals surface area (Å²) in [6.45, 7) is 4.27. The van der Waals surface area contributed by atoms with E-state index < -0.39 is 0 Å². The number of nitrogens with one attached hydrogen (secondary N) is 1. The molecule has 28 heavy (non-hydrogen) atoms. The Bertz CT molecular complexity index is 838. The summed E-state index contributed by atoms with van der Waals surface area (Å²) in [7, 11) is 0. The molecule has 1 N–H and O–H groups in total. The van der Waals surface area contributed by atoms with Crippen LogP contribution in [-0.4, -0.2) is 48.5 Å². The average Bonchev–Trinajstić information content (AvgIpc) is 2.69. The fraction of sp³-hybridized carbons (Fsp3) is 0.409. The van der Waals surface area contributed by atoms with Crippen molar-refractivity contribution in [2.75, 3.05) is 47.9 Å². The lowest BCUT2D eigenvalue weighted by Gasteiger charge is -2.30. The first-order chi connectivity index (χ1) is 13.7. The van der Waals surface area contributed by atoms with Crippen molar-refractivity contribution in [3.8, 4) is 0 Å². The molecule has 1 fully saturated rings. The minimum atomic E-state index is -0.214. The quantitative estimate of drug-likeness (QED) is 0.830. The van der Waals surface area contributed by atoms with Gasteiger partial charge >= 0.3 is 0 Å². The van der Waals surface area contributed by atoms with E-state index in [1.54, 1.807) is 12.1 Å². The van der Waals surface area contributed by atoms with Gasteiger partial charge in [0.15, 0.2) is 0 Å². The number of benzene rings is 2. The van der Waals surface area contributed by atoms with Crippen LogP contribution in [0.4, 0.5) is 15.8 Å². The number of carbonyl (C=O) groups is 1. The molecular formula is C22H26FN3OS. The summed E-state index contributed by atoms with van der Waals surface area (Å²) in [5, 5.41) is 3.03. The molecule has 2 aliphatic heterocycles. The van der Waals surface area contributed by atoms with E-state index in [1.165, 1.54) is 23.1 Å². The Kier molecular flexibility index (Phi) is 6.17. The van der Waals surface area contributed by atoms with Crippen LogP contribution in [0.15, 0.2) is 42.5 Å². The van der Waals surface area contributed by atoms with Gasteiger partial charge in [-0.05, 0) is 54.3 Å². The molecule has 148 valence electrons. The van der Waals surface area contributed by atoms with Gasteiger partial charge in [0.05, 0.1) is 6.54 Å². The molecule has 2 aromatic rings. The van der Waals surface area contributed by atoms with E-state index in [-0.39, 0.29) is 18.3 Å². The maximum atomic E-state index is 13.5. The molecule has 2 aliphatic rings. The molecule has 0 aromatic heterocycles. The largest absolute Gasteiger partial charge is 0.362 e. The molecule has 2 aromatic carbocycles. The Morgan fingerprint density at radius 1 is 1.11 bits per heavy atom. The summed E-state index contributed by atoms with van der Waals surface area (Å²) in [5.41, 5.74) is 4.02. The summed E-state index contributed by atoms with van der Waals surface area (Å²) in [6, 6.07) is 13.0. The van der Waals surface area contributed by atoms with Gasteiger partial charge in [-0.3, -0.25) is 9.69 Å². The highest BCUT2D eigenvalue weighted by Gasteiger charge is 2.20. The van der Waals surface area contributed by atoms with E-state index in [1.807, 2.05) is 28.8 Å². The number of hydrogen-bond donors (Lipinski definition) is 1. The third kappa shape index (κ3) is 4.86. The second-order valence-electron chi connectivity index (χ2n) is 7.44. The third-order valence-corrected chi connectivity index (χ3v) is 6.25. The molecule has 1 amide bonds. The van der Waals surface area contributed by atoms with E-state index in [2.05, 4.69) is 22.3 Å². The van der Waals surface area contributed by atoms with Gasteiger partial charge < -0.3 is 10.2 Å². The maximum absolute atomic E-state index is 13.5. The van der Waals surface area contributed by atoms with Crippen molar-refractivity contribution in [1.29, 1.82) is 0 Å². The van der Waals surface area contributed by atoms with Crippen LogP contribution < -0.4 is 10.2 Å². The van der Waals surface area contributed by atoms with Crippen molar-refractivity contribution >= 4 is 29.0 Å². The predicted molar refractivity (Wildman–Crippen MR) is 115 cm³/mol. The van der Waals surface area contributed by atoms with Crippen LogP contribution in [0.1, 0.15) is 17.5 Å². The lowest BCUT2D eigenvalue weighted by Crippen LogP contribution is -2.36. The minimum Gasteiger partial charge on any atom is -0.362 e. The van der Waals surface area contributed by atoms with Crippen LogP contribution in [0.3, 0.4) is 0 Å². The molecule has 6 heteroatoms. The normalized spacial score (nSPS) is 17.2. The van der Waals surface area contributed by atoms with Crippen molar-refractivity contribution in [2.24, 2.45) is 0 Å². The number of anilines is 2. The highest BCUT2D eigenvalue weighted by Crippen LogP contribution is 2.27. The van der Waals surface area contributed by atoms with E-state index in [0.717, 1.165) is 56.0 Å². The van der Waals surface area contributed by atoms with Gasteiger partial charge in [-0.1, -0.05) is 12.1 Å². The van der Waals surface area contributed by atoms with E-state index in [4.69, 9.17) is 0 Å². The third-order valence-electron chi connectivity index (χ3n) is 5.31. The Morgan fingerprint density at radius 2 is 1.96 bits per heavy atom. The molecule has 0 saturated carbocycles. The molecule has 0 bridgehead atoms. The van der Waals surface area contributed by atoms with Gasteiger partial charge in [-0.2, -0.15) is 11.8 Å². The van der Waals surface area contributed by atoms with E-state index in [9.17, 15) is 9.18 Å². The van der Waals surface area contributed by atoms with Crippen molar-refractivity contribution < 1.29 is 9.18 Å². The smallest absolute Gasteiger partial charge is 0.243 e. The summed E-state index contributed by atoms with van der Waals surface area (Å²) in [6.07, 6.45) is 1.80. The van der Waals surface area contributed by atoms with Crippen molar-refractivity contribution in [3.63, 3.8) is 0 Å². The molecular weight excluding hydrogens is 373 g/mol. The fourth-order valence-corrected chi connectivity index (χ4v) is 4.93.